The van der Waals surface area contributed by atoms with Crippen molar-refractivity contribution < 1.29 is 13.9 Å². The summed E-state index contributed by atoms with van der Waals surface area (Å²) >= 11 is 13.1. The first-order valence-electron chi connectivity index (χ1n) is 18.4. The first kappa shape index (κ1) is 33.8. The molecule has 5 aromatic rings. The number of carbonyl (C=O) groups excluding carboxylic acids is 1. The Balaban J connectivity index is 1.25. The number of benzene rings is 3. The maximum atomic E-state index is 17.2. The van der Waals surface area contributed by atoms with Crippen LogP contribution in [0.25, 0.3) is 32.9 Å². The number of amides is 1. The molecule has 10 rings (SSSR count). The molecule has 2 aromatic heterocycles. The average Bonchev–Trinajstić information content (AvgIpc) is 3.41. The van der Waals surface area contributed by atoms with E-state index < -0.39 is 11.4 Å². The lowest BCUT2D eigenvalue weighted by atomic mass is 9.79. The summed E-state index contributed by atoms with van der Waals surface area (Å²) in [4.78, 5) is 21.1. The van der Waals surface area contributed by atoms with E-state index in [-0.39, 0.29) is 46.9 Å². The van der Waals surface area contributed by atoms with Crippen LogP contribution in [0.1, 0.15) is 73.6 Å². The lowest BCUT2D eigenvalue weighted by Crippen LogP contribution is -2.41. The zero-order valence-electron chi connectivity index (χ0n) is 29.3. The van der Waals surface area contributed by atoms with Gasteiger partial charge in [-0.15, -0.1) is 0 Å². The largest absolute Gasteiger partial charge is 0.369 e. The topological polar surface area (TPSA) is 83.2 Å². The van der Waals surface area contributed by atoms with Crippen LogP contribution >= 0.6 is 23.2 Å². The summed E-state index contributed by atoms with van der Waals surface area (Å²) in [6.45, 7) is 5.96. The fraction of sp³-hybridized carbons (Fsp3) is 0.405. The minimum absolute atomic E-state index is 0.0520. The molecular weight excluding hydrogens is 696 g/mol. The van der Waals surface area contributed by atoms with Crippen LogP contribution in [-0.2, 0) is 22.6 Å². The van der Waals surface area contributed by atoms with Crippen molar-refractivity contribution in [2.45, 2.75) is 82.7 Å². The molecule has 1 N–H and O–H groups in total. The van der Waals surface area contributed by atoms with E-state index in [1.165, 1.54) is 0 Å². The molecular formula is C42H40Cl2FN5O2. The number of fused-ring (bicyclic) bond motifs is 4. The summed E-state index contributed by atoms with van der Waals surface area (Å²) < 4.78 is 26.3. The summed E-state index contributed by atoms with van der Waals surface area (Å²) in [5.74, 6) is 0.189. The fourth-order valence-corrected chi connectivity index (χ4v) is 9.54. The number of nitrogens with zero attached hydrogens (tertiary/aromatic N) is 4. The minimum Gasteiger partial charge on any atom is -0.369 e. The Hall–Kier alpha value is -4.00. The van der Waals surface area contributed by atoms with Crippen LogP contribution in [0.5, 0.6) is 0 Å². The number of nitriles is 1. The summed E-state index contributed by atoms with van der Waals surface area (Å²) in [7, 11) is 0. The summed E-state index contributed by atoms with van der Waals surface area (Å²) in [6, 6.07) is 22.1. The summed E-state index contributed by atoms with van der Waals surface area (Å²) in [5, 5.41) is 15.6. The molecule has 3 aromatic carbocycles. The molecule has 5 fully saturated rings. The molecule has 10 heteroatoms. The molecule has 7 nitrogen and oxygen atoms in total. The minimum atomic E-state index is -0.555. The summed E-state index contributed by atoms with van der Waals surface area (Å²) in [5.41, 5.74) is 4.99. The second-order valence-corrected chi connectivity index (χ2v) is 16.2. The smallest absolute Gasteiger partial charge is 0.226 e. The molecule has 3 aliphatic heterocycles. The van der Waals surface area contributed by atoms with Gasteiger partial charge in [0.25, 0.3) is 0 Å². The predicted octanol–water partition coefficient (Wildman–Crippen LogP) is 9.26. The van der Waals surface area contributed by atoms with E-state index >= 15 is 4.39 Å². The fourth-order valence-electron chi connectivity index (χ4n) is 9.15. The van der Waals surface area contributed by atoms with Gasteiger partial charge in [0, 0.05) is 64.6 Å². The second-order valence-electron chi connectivity index (χ2n) is 15.5. The molecule has 5 atom stereocenters. The normalized spacial score (nSPS) is 25.2. The quantitative estimate of drug-likeness (QED) is 0.163. The van der Waals surface area contributed by atoms with E-state index in [4.69, 9.17) is 32.9 Å². The lowest BCUT2D eigenvalue weighted by molar-refractivity contribution is -0.135. The molecule has 0 unspecified atom stereocenters. The van der Waals surface area contributed by atoms with E-state index in [1.54, 1.807) is 18.2 Å². The van der Waals surface area contributed by atoms with Crippen molar-refractivity contribution >= 4 is 50.9 Å². The molecule has 5 aliphatic rings. The van der Waals surface area contributed by atoms with Crippen LogP contribution in [0.4, 0.5) is 4.39 Å². The highest BCUT2D eigenvalue weighted by atomic mass is 35.5. The molecule has 2 bridgehead atoms. The van der Waals surface area contributed by atoms with Gasteiger partial charge in [-0.05, 0) is 74.8 Å². The Morgan fingerprint density at radius 2 is 1.94 bits per heavy atom. The number of aromatic nitrogens is 2. The van der Waals surface area contributed by atoms with Crippen molar-refractivity contribution in [2.75, 3.05) is 13.1 Å². The monoisotopic (exact) mass is 735 g/mol. The van der Waals surface area contributed by atoms with Gasteiger partial charge in [0.1, 0.15) is 5.52 Å². The SMILES string of the molecule is Cc1nc2c(F)c(-c3cccc(Cl)c3Cl)c(CCC#N)cc2c2c1cc([C@H]1C[C@](C)(OCc3ccccc3)CN1C(=O)C1CC1)n2[C@H]1[C@H]2CN[C@@H]1C2. The molecule has 2 saturated carbocycles. The van der Waals surface area contributed by atoms with E-state index in [0.717, 1.165) is 53.7 Å². The molecule has 5 heterocycles. The number of ether oxygens (including phenoxy) is 1. The zero-order valence-corrected chi connectivity index (χ0v) is 30.8. The third kappa shape index (κ3) is 5.51. The van der Waals surface area contributed by atoms with Crippen molar-refractivity contribution in [1.29, 1.82) is 5.26 Å². The number of aryl methyl sites for hydroxylation is 2. The van der Waals surface area contributed by atoms with Crippen LogP contribution in [0.3, 0.4) is 0 Å². The maximum Gasteiger partial charge on any atom is 0.226 e. The Morgan fingerprint density at radius 3 is 2.65 bits per heavy atom. The highest BCUT2D eigenvalue weighted by Crippen LogP contribution is 2.52. The highest BCUT2D eigenvalue weighted by Gasteiger charge is 2.52. The van der Waals surface area contributed by atoms with Crippen LogP contribution < -0.4 is 5.32 Å². The number of hydrogen-bond donors (Lipinski definition) is 1. The standard InChI is InChI=1S/C42H40Cl2FN5O2/c1-23-29-18-33(34-19-42(2,22-49(34)41(51)25-13-14-25)52-21-24-8-4-3-5-9-24)50(39-27-17-32(39)47-20-27)40(29)30-16-26(10-7-15-46)35(37(45)38(30)48-23)28-11-6-12-31(43)36(28)44/h3-6,8-9,11-12,16,18,25,27,32,34,39,47H,7,10,13-14,17,19-22H2,1-2H3/t27-,32-,34-,39+,42+/m1/s1. The predicted molar refractivity (Wildman–Crippen MR) is 202 cm³/mol. The van der Waals surface area contributed by atoms with Gasteiger partial charge in [-0.1, -0.05) is 65.7 Å². The molecule has 2 aliphatic carbocycles. The van der Waals surface area contributed by atoms with Crippen LogP contribution in [-0.4, -0.2) is 45.1 Å². The van der Waals surface area contributed by atoms with E-state index in [2.05, 4.69) is 46.0 Å². The lowest BCUT2D eigenvalue weighted by Gasteiger charge is -2.39. The Labute approximate surface area is 312 Å². The van der Waals surface area contributed by atoms with E-state index in [9.17, 15) is 10.1 Å². The van der Waals surface area contributed by atoms with Gasteiger partial charge in [0.2, 0.25) is 5.91 Å². The number of pyridine rings is 1. The van der Waals surface area contributed by atoms with Gasteiger partial charge in [0.15, 0.2) is 5.82 Å². The molecule has 266 valence electrons. The van der Waals surface area contributed by atoms with Gasteiger partial charge in [-0.25, -0.2) is 9.37 Å². The Kier molecular flexibility index (Phi) is 8.35. The second kappa shape index (κ2) is 12.8. The molecule has 3 saturated heterocycles. The Bertz CT molecular complexity index is 2290. The number of halogens is 3. The van der Waals surface area contributed by atoms with Gasteiger partial charge in [-0.2, -0.15) is 5.26 Å². The number of rotatable bonds is 9. The van der Waals surface area contributed by atoms with Gasteiger partial charge in [0.05, 0.1) is 52.5 Å². The number of hydrogen-bond acceptors (Lipinski definition) is 5. The van der Waals surface area contributed by atoms with E-state index in [1.807, 2.05) is 31.2 Å². The first-order valence-corrected chi connectivity index (χ1v) is 19.1. The van der Waals surface area contributed by atoms with Gasteiger partial charge < -0.3 is 19.5 Å². The number of nitrogens with one attached hydrogen (secondary N) is 1. The van der Waals surface area contributed by atoms with Crippen molar-refractivity contribution in [3.63, 3.8) is 0 Å². The molecule has 0 spiro atoms. The van der Waals surface area contributed by atoms with Crippen molar-refractivity contribution in [2.24, 2.45) is 11.8 Å². The Morgan fingerprint density at radius 1 is 1.13 bits per heavy atom. The van der Waals surface area contributed by atoms with Gasteiger partial charge >= 0.3 is 0 Å². The number of carbonyl (C=O) groups is 1. The van der Waals surface area contributed by atoms with Crippen molar-refractivity contribution in [3.05, 3.63) is 99.0 Å². The zero-order chi connectivity index (χ0) is 35.9. The third-order valence-electron chi connectivity index (χ3n) is 11.9. The van der Waals surface area contributed by atoms with Crippen molar-refractivity contribution in [3.8, 4) is 17.2 Å². The molecule has 0 radical (unpaired) electrons. The van der Waals surface area contributed by atoms with Gasteiger partial charge in [-0.3, -0.25) is 4.79 Å². The van der Waals surface area contributed by atoms with Crippen molar-refractivity contribution in [1.82, 2.24) is 19.8 Å². The average molecular weight is 737 g/mol. The van der Waals surface area contributed by atoms with E-state index in [0.29, 0.717) is 59.0 Å². The first-order chi connectivity index (χ1) is 25.2. The van der Waals surface area contributed by atoms with Crippen LogP contribution in [0, 0.1) is 35.9 Å². The number of likely N-dealkylation sites (tertiary alicyclic amines) is 1. The summed E-state index contributed by atoms with van der Waals surface area (Å²) in [6.07, 6.45) is 4.11. The molecule has 1 amide bonds. The third-order valence-corrected chi connectivity index (χ3v) is 12.7. The maximum absolute atomic E-state index is 17.2. The molecule has 52 heavy (non-hydrogen) atoms. The van der Waals surface area contributed by atoms with Crippen LogP contribution in [0.15, 0.2) is 60.7 Å². The van der Waals surface area contributed by atoms with Crippen LogP contribution in [0.2, 0.25) is 10.0 Å². The highest BCUT2D eigenvalue weighted by molar-refractivity contribution is 6.43.